The lowest BCUT2D eigenvalue weighted by Gasteiger charge is -2.58. The van der Waals surface area contributed by atoms with Gasteiger partial charge in [0, 0.05) is 35.3 Å². The van der Waals surface area contributed by atoms with Crippen molar-refractivity contribution in [2.45, 2.75) is 128 Å². The standard InChI is InChI=1S/C44H60O13S2/c1-24-32(25(2)47)36(49)33-29(35(24)48)14-27(39(52)53)15-30(33)56-40-37(50)38(51)44(31(18-46)57-40)10-6-26-16-42(12-11-41(20-42)7-3-4-8-41)17-28-19-54-21-43(34(26)28,9-5-13-45)22-58-59-23-55-44/h14-15,26,28,31,34,37-38,40,45-46,48-51H,3-13,16-23H2,1-2H3,(H,52,53)/t26-,28+,31-,34+,37-,38-,40-,42-,43+,44-/m1/s1. The number of aliphatic hydroxyl groups excluding tert-OH is 4. The van der Waals surface area contributed by atoms with E-state index in [1.165, 1.54) is 69.6 Å². The van der Waals surface area contributed by atoms with Crippen molar-refractivity contribution in [1.29, 1.82) is 0 Å². The lowest BCUT2D eigenvalue weighted by Crippen LogP contribution is -2.69. The fraction of sp³-hybridized carbons (Fsp3) is 0.727. The van der Waals surface area contributed by atoms with Crippen LogP contribution in [0, 0.1) is 40.9 Å². The zero-order chi connectivity index (χ0) is 41.9. The second kappa shape index (κ2) is 16.7. The molecule has 2 aromatic carbocycles. The largest absolute Gasteiger partial charge is 0.507 e. The molecule has 59 heavy (non-hydrogen) atoms. The van der Waals surface area contributed by atoms with Gasteiger partial charge in [0.15, 0.2) is 5.78 Å². The van der Waals surface area contributed by atoms with E-state index in [0.717, 1.165) is 37.1 Å². The number of ketones is 1. The first-order valence-corrected chi connectivity index (χ1v) is 23.8. The van der Waals surface area contributed by atoms with Gasteiger partial charge >= 0.3 is 5.97 Å². The van der Waals surface area contributed by atoms with Gasteiger partial charge in [0.1, 0.15) is 47.1 Å². The second-order valence-corrected chi connectivity index (χ2v) is 21.3. The molecule has 0 unspecified atom stereocenters. The smallest absolute Gasteiger partial charge is 0.335 e. The van der Waals surface area contributed by atoms with Crippen molar-refractivity contribution in [3.63, 3.8) is 0 Å². The van der Waals surface area contributed by atoms with Gasteiger partial charge in [-0.15, -0.1) is 0 Å². The molecule has 6 aliphatic rings. The van der Waals surface area contributed by atoms with Crippen molar-refractivity contribution in [3.8, 4) is 17.2 Å². The van der Waals surface area contributed by atoms with Crippen LogP contribution in [0.5, 0.6) is 17.2 Å². The Morgan fingerprint density at radius 1 is 0.966 bits per heavy atom. The summed E-state index contributed by atoms with van der Waals surface area (Å²) in [6.45, 7) is 3.49. The minimum absolute atomic E-state index is 0.0511. The first-order chi connectivity index (χ1) is 28.2. The van der Waals surface area contributed by atoms with Crippen LogP contribution in [-0.2, 0) is 14.2 Å². The zero-order valence-electron chi connectivity index (χ0n) is 34.0. The Hall–Kier alpha value is -2.34. The average Bonchev–Trinajstić information content (AvgIpc) is 3.81. The Bertz CT molecular complexity index is 1920. The van der Waals surface area contributed by atoms with Crippen molar-refractivity contribution in [1.82, 2.24) is 0 Å². The number of phenolic OH excluding ortho intramolecular Hbond substituents is 2. The molecule has 15 heteroatoms. The lowest BCUT2D eigenvalue weighted by molar-refractivity contribution is -0.323. The van der Waals surface area contributed by atoms with Gasteiger partial charge in [0.2, 0.25) is 6.29 Å². The van der Waals surface area contributed by atoms with Crippen LogP contribution in [0.2, 0.25) is 0 Å². The first kappa shape index (κ1) is 43.3. The van der Waals surface area contributed by atoms with Crippen LogP contribution in [0.1, 0.15) is 117 Å². The molecule has 0 radical (unpaired) electrons. The summed E-state index contributed by atoms with van der Waals surface area (Å²) < 4.78 is 25.6. The van der Waals surface area contributed by atoms with Gasteiger partial charge in [-0.05, 0) is 125 Å². The molecular formula is C44H60O13S2. The quantitative estimate of drug-likeness (QED) is 0.0879. The normalized spacial score (nSPS) is 37.1. The van der Waals surface area contributed by atoms with E-state index in [0.29, 0.717) is 43.3 Å². The maximum Gasteiger partial charge on any atom is 0.335 e. The molecule has 8 rings (SSSR count). The SMILES string of the molecule is CC(=O)c1c(C)c(O)c2cc(C(=O)O)cc(O[C@@H]3O[C@H](CO)[C@]4(CC[C@@H]5C[C@]6(CCC7(CCCC7)C6)C[C@H]6COC[C@@](CCCO)(CSSCO4)[C@@H]56)[C@H](O)[C@H]3O)c2c1O. The summed E-state index contributed by atoms with van der Waals surface area (Å²) >= 11 is 0. The number of benzene rings is 2. The number of aliphatic hydroxyl groups is 4. The van der Waals surface area contributed by atoms with Crippen LogP contribution in [0.25, 0.3) is 10.8 Å². The molecule has 10 atom stereocenters. The fourth-order valence-electron chi connectivity index (χ4n) is 13.1. The lowest BCUT2D eigenvalue weighted by atomic mass is 9.50. The maximum absolute atomic E-state index is 12.6. The number of carboxylic acid groups (broad SMARTS) is 1. The number of fused-ring (bicyclic) bond motifs is 1. The van der Waals surface area contributed by atoms with E-state index < -0.39 is 60.1 Å². The Morgan fingerprint density at radius 3 is 2.42 bits per heavy atom. The number of phenols is 2. The third-order valence-electron chi connectivity index (χ3n) is 15.5. The summed E-state index contributed by atoms with van der Waals surface area (Å²) in [6.07, 6.45) is 7.23. The molecule has 0 bridgehead atoms. The van der Waals surface area contributed by atoms with Gasteiger partial charge in [-0.2, -0.15) is 0 Å². The Kier molecular flexibility index (Phi) is 12.3. The minimum Gasteiger partial charge on any atom is -0.507 e. The highest BCUT2D eigenvalue weighted by Crippen LogP contribution is 2.67. The summed E-state index contributed by atoms with van der Waals surface area (Å²) in [6, 6.07) is 2.24. The Balaban J connectivity index is 1.13. The van der Waals surface area contributed by atoms with Crippen LogP contribution in [0.15, 0.2) is 12.1 Å². The van der Waals surface area contributed by atoms with E-state index in [9.17, 15) is 45.3 Å². The van der Waals surface area contributed by atoms with Gasteiger partial charge in [0.05, 0.1) is 29.7 Å². The second-order valence-electron chi connectivity index (χ2n) is 18.9. The Morgan fingerprint density at radius 2 is 1.71 bits per heavy atom. The van der Waals surface area contributed by atoms with Crippen molar-refractivity contribution in [2.24, 2.45) is 34.0 Å². The van der Waals surface area contributed by atoms with E-state index in [1.54, 1.807) is 10.8 Å². The van der Waals surface area contributed by atoms with E-state index in [1.807, 2.05) is 0 Å². The predicted molar refractivity (Wildman–Crippen MR) is 222 cm³/mol. The molecule has 7 N–H and O–H groups in total. The number of Topliss-reactive ketones (excluding diaryl/α,β-unsaturated/α-hetero) is 1. The molecule has 3 aliphatic carbocycles. The molecule has 6 fully saturated rings. The number of hydrogen-bond acceptors (Lipinski definition) is 14. The van der Waals surface area contributed by atoms with Crippen molar-refractivity contribution >= 4 is 44.1 Å². The summed E-state index contributed by atoms with van der Waals surface area (Å²) in [7, 11) is 3.18. The number of hydrogen-bond donors (Lipinski definition) is 7. The van der Waals surface area contributed by atoms with E-state index in [-0.39, 0.29) is 68.9 Å². The minimum atomic E-state index is -1.77. The van der Waals surface area contributed by atoms with Gasteiger partial charge in [0.25, 0.3) is 0 Å². The molecule has 3 saturated heterocycles. The number of rotatable bonds is 8. The number of carbonyl (C=O) groups excluding carboxylic acids is 1. The molecular weight excluding hydrogens is 801 g/mol. The van der Waals surface area contributed by atoms with E-state index >= 15 is 0 Å². The van der Waals surface area contributed by atoms with Crippen LogP contribution in [0.4, 0.5) is 0 Å². The Labute approximate surface area is 352 Å². The van der Waals surface area contributed by atoms with Crippen LogP contribution < -0.4 is 4.74 Å². The number of ether oxygens (including phenoxy) is 4. The molecule has 13 nitrogen and oxygen atoms in total. The number of aromatic carboxylic acids is 1. The van der Waals surface area contributed by atoms with Crippen LogP contribution in [0.3, 0.4) is 0 Å². The average molecular weight is 861 g/mol. The molecule has 3 heterocycles. The fourth-order valence-corrected chi connectivity index (χ4v) is 15.5. The van der Waals surface area contributed by atoms with Crippen molar-refractivity contribution < 1.29 is 64.3 Å². The molecule has 3 spiro atoms. The highest BCUT2D eigenvalue weighted by atomic mass is 33.1. The maximum atomic E-state index is 12.6. The summed E-state index contributed by atoms with van der Waals surface area (Å²) in [4.78, 5) is 24.8. The summed E-state index contributed by atoms with van der Waals surface area (Å²) in [5.41, 5.74) is -1.54. The summed E-state index contributed by atoms with van der Waals surface area (Å²) in [5, 5.41) is 77.5. The molecule has 0 aromatic heterocycles. The van der Waals surface area contributed by atoms with Crippen molar-refractivity contribution in [2.75, 3.05) is 38.1 Å². The highest BCUT2D eigenvalue weighted by Gasteiger charge is 2.62. The number of aromatic hydroxyl groups is 2. The molecule has 3 saturated carbocycles. The molecule has 0 amide bonds. The van der Waals surface area contributed by atoms with Gasteiger partial charge in [-0.1, -0.05) is 34.4 Å². The number of carboxylic acids is 1. The van der Waals surface area contributed by atoms with Crippen LogP contribution >= 0.6 is 21.6 Å². The van der Waals surface area contributed by atoms with Gasteiger partial charge < -0.3 is 54.7 Å². The van der Waals surface area contributed by atoms with Crippen LogP contribution in [-0.4, -0.2) is 116 Å². The van der Waals surface area contributed by atoms with Crippen molar-refractivity contribution in [3.05, 3.63) is 28.8 Å². The first-order valence-electron chi connectivity index (χ1n) is 21.3. The zero-order valence-corrected chi connectivity index (χ0v) is 35.7. The number of carbonyl (C=O) groups is 2. The highest BCUT2D eigenvalue weighted by molar-refractivity contribution is 8.76. The van der Waals surface area contributed by atoms with E-state index in [2.05, 4.69) is 0 Å². The third-order valence-corrected chi connectivity index (χ3v) is 17.7. The summed E-state index contributed by atoms with van der Waals surface area (Å²) in [5.74, 6) is -1.38. The molecule has 326 valence electrons. The van der Waals surface area contributed by atoms with Gasteiger partial charge in [-0.25, -0.2) is 4.79 Å². The predicted octanol–water partition coefficient (Wildman–Crippen LogP) is 6.33. The monoisotopic (exact) mass is 860 g/mol. The van der Waals surface area contributed by atoms with Gasteiger partial charge in [-0.3, -0.25) is 4.79 Å². The topological polar surface area (TPSA) is 213 Å². The third kappa shape index (κ3) is 7.55. The van der Waals surface area contributed by atoms with E-state index in [4.69, 9.17) is 18.9 Å². The molecule has 2 aromatic rings. The molecule has 3 aliphatic heterocycles.